The number of nitrogens with zero attached hydrogens (tertiary/aromatic N) is 3. The zero-order valence-electron chi connectivity index (χ0n) is 14.8. The van der Waals surface area contributed by atoms with E-state index in [2.05, 4.69) is 42.6 Å². The summed E-state index contributed by atoms with van der Waals surface area (Å²) in [5.74, 6) is 0.184. The van der Waals surface area contributed by atoms with Crippen molar-refractivity contribution in [2.45, 2.75) is 0 Å². The van der Waals surface area contributed by atoms with Crippen molar-refractivity contribution in [1.82, 2.24) is 9.97 Å². The van der Waals surface area contributed by atoms with E-state index in [1.165, 1.54) is 19.2 Å². The first-order chi connectivity index (χ1) is 12.8. The molecule has 2 rings (SSSR count). The van der Waals surface area contributed by atoms with Gasteiger partial charge in [-0.1, -0.05) is 34.7 Å². The third-order valence-electron chi connectivity index (χ3n) is 2.67. The standard InChI is InChI=1S/C14H14I2N4O6S.Na/c1-24-12-8-11(16)17-13(18-12)19-14(21)20-27(22,23)26-10-5-3-2-4-9(10)25-7-6-15;/h2-5,8H,6-7H2,1H3,(H2,17,18,19,20,21);/q;+1/p-1. The van der Waals surface area contributed by atoms with Gasteiger partial charge in [-0.05, 0) is 34.7 Å². The molecular formula is C14H13I2N4NaO6S. The molecule has 0 spiro atoms. The molecule has 146 valence electrons. The Bertz CT molecular complexity index is 918. The molecule has 14 heteroatoms. The van der Waals surface area contributed by atoms with Gasteiger partial charge in [0, 0.05) is 10.5 Å². The van der Waals surface area contributed by atoms with Crippen LogP contribution >= 0.6 is 45.2 Å². The van der Waals surface area contributed by atoms with Crippen molar-refractivity contribution >= 4 is 67.5 Å². The number of benzene rings is 1. The second-order valence-corrected chi connectivity index (χ2v) is 7.96. The number of para-hydroxylation sites is 2. The zero-order chi connectivity index (χ0) is 19.9. The van der Waals surface area contributed by atoms with Crippen molar-refractivity contribution in [3.63, 3.8) is 0 Å². The van der Waals surface area contributed by atoms with E-state index in [9.17, 15) is 13.2 Å². The number of anilines is 1. The summed E-state index contributed by atoms with van der Waals surface area (Å²) in [5.41, 5.74) is 0. The summed E-state index contributed by atoms with van der Waals surface area (Å²) in [7, 11) is -3.19. The van der Waals surface area contributed by atoms with Crippen molar-refractivity contribution < 1.29 is 56.4 Å². The predicted octanol–water partition coefficient (Wildman–Crippen LogP) is 0.137. The molecule has 1 aromatic carbocycles. The average molecular weight is 642 g/mol. The van der Waals surface area contributed by atoms with Gasteiger partial charge in [0.25, 0.3) is 0 Å². The van der Waals surface area contributed by atoms with E-state index in [4.69, 9.17) is 13.7 Å². The summed E-state index contributed by atoms with van der Waals surface area (Å²) in [6.07, 6.45) is 0. The fourth-order valence-electron chi connectivity index (χ4n) is 1.70. The molecular weight excluding hydrogens is 629 g/mol. The number of carbonyl (C=O) groups is 1. The molecule has 1 heterocycles. The number of methoxy groups -OCH3 is 1. The second kappa shape index (κ2) is 12.2. The number of alkyl halides is 1. The van der Waals surface area contributed by atoms with Gasteiger partial charge in [-0.2, -0.15) is 13.4 Å². The van der Waals surface area contributed by atoms with E-state index in [-0.39, 0.29) is 52.9 Å². The monoisotopic (exact) mass is 642 g/mol. The molecule has 0 aliphatic heterocycles. The number of ether oxygens (including phenoxy) is 2. The van der Waals surface area contributed by atoms with Gasteiger partial charge in [0.05, 0.1) is 13.7 Å². The SMILES string of the molecule is COc1cc(I)nc(NC(=O)[N-]S(=O)(=O)Oc2ccccc2OCCI)n1.[Na+]. The van der Waals surface area contributed by atoms with E-state index in [1.807, 2.05) is 22.6 Å². The first kappa shape index (κ1) is 25.4. The van der Waals surface area contributed by atoms with Crippen molar-refractivity contribution in [1.29, 1.82) is 0 Å². The number of carbonyl (C=O) groups excluding carboxylic acids is 1. The van der Waals surface area contributed by atoms with E-state index in [0.717, 1.165) is 0 Å². The maximum atomic E-state index is 12.0. The molecule has 0 aliphatic rings. The molecule has 0 unspecified atom stereocenters. The number of halogens is 2. The van der Waals surface area contributed by atoms with Crippen LogP contribution in [-0.2, 0) is 10.3 Å². The summed E-state index contributed by atoms with van der Waals surface area (Å²) < 4.78 is 43.5. The molecule has 0 aliphatic carbocycles. The Hall–Kier alpha value is -0.620. The van der Waals surface area contributed by atoms with Crippen LogP contribution in [0, 0.1) is 3.70 Å². The molecule has 0 fully saturated rings. The van der Waals surface area contributed by atoms with E-state index >= 15 is 0 Å². The van der Waals surface area contributed by atoms with E-state index < -0.39 is 16.3 Å². The van der Waals surface area contributed by atoms with Gasteiger partial charge in [0.2, 0.25) is 5.88 Å². The van der Waals surface area contributed by atoms with Crippen LogP contribution in [0.2, 0.25) is 0 Å². The molecule has 1 N–H and O–H groups in total. The Morgan fingerprint density at radius 1 is 1.25 bits per heavy atom. The number of urea groups is 1. The minimum atomic E-state index is -4.58. The van der Waals surface area contributed by atoms with Crippen LogP contribution in [0.4, 0.5) is 10.7 Å². The van der Waals surface area contributed by atoms with Gasteiger partial charge in [0.15, 0.2) is 17.5 Å². The number of hydrogen-bond acceptors (Lipinski definition) is 8. The minimum absolute atomic E-state index is 0. The van der Waals surface area contributed by atoms with Crippen LogP contribution in [0.5, 0.6) is 17.4 Å². The van der Waals surface area contributed by atoms with Crippen LogP contribution in [0.3, 0.4) is 0 Å². The molecule has 28 heavy (non-hydrogen) atoms. The Labute approximate surface area is 211 Å². The van der Waals surface area contributed by atoms with Crippen LogP contribution in [0.1, 0.15) is 0 Å². The van der Waals surface area contributed by atoms with Crippen molar-refractivity contribution in [2.24, 2.45) is 0 Å². The molecule has 0 saturated carbocycles. The van der Waals surface area contributed by atoms with Crippen LogP contribution in [0.25, 0.3) is 4.72 Å². The molecule has 10 nitrogen and oxygen atoms in total. The van der Waals surface area contributed by atoms with E-state index in [0.29, 0.717) is 14.7 Å². The largest absolute Gasteiger partial charge is 1.00 e. The third kappa shape index (κ3) is 8.40. The predicted molar refractivity (Wildman–Crippen MR) is 114 cm³/mol. The topological polar surface area (TPSA) is 131 Å². The Morgan fingerprint density at radius 3 is 2.57 bits per heavy atom. The number of rotatable bonds is 8. The maximum absolute atomic E-state index is 12.0. The summed E-state index contributed by atoms with van der Waals surface area (Å²) in [5, 5.41) is 2.14. The number of aromatic nitrogens is 2. The third-order valence-corrected chi connectivity index (χ3v) is 4.45. The van der Waals surface area contributed by atoms with Gasteiger partial charge in [-0.15, -0.1) is 0 Å². The molecule has 0 saturated heterocycles. The normalized spacial score (nSPS) is 10.4. The maximum Gasteiger partial charge on any atom is 1.00 e. The Balaban J connectivity index is 0.00000392. The van der Waals surface area contributed by atoms with Crippen LogP contribution in [0.15, 0.2) is 30.3 Å². The van der Waals surface area contributed by atoms with Crippen molar-refractivity contribution in [2.75, 3.05) is 23.5 Å². The van der Waals surface area contributed by atoms with Gasteiger partial charge in [-0.25, -0.2) is 4.98 Å². The zero-order valence-corrected chi connectivity index (χ0v) is 21.9. The molecule has 0 radical (unpaired) electrons. The number of nitrogens with one attached hydrogen (secondary N) is 1. The first-order valence-electron chi connectivity index (χ1n) is 7.17. The molecule has 2 amide bonds. The van der Waals surface area contributed by atoms with Gasteiger partial charge >= 0.3 is 39.9 Å². The minimum Gasteiger partial charge on any atom is -0.489 e. The number of hydrogen-bond donors (Lipinski definition) is 1. The fraction of sp³-hybridized carbons (Fsp3) is 0.214. The summed E-state index contributed by atoms with van der Waals surface area (Å²) in [6, 6.07) is 6.47. The first-order valence-corrected chi connectivity index (χ1v) is 11.1. The van der Waals surface area contributed by atoms with Gasteiger partial charge in [-0.3, -0.25) is 9.52 Å². The molecule has 0 atom stereocenters. The molecule has 0 bridgehead atoms. The van der Waals surface area contributed by atoms with Gasteiger partial charge in [0.1, 0.15) is 9.65 Å². The van der Waals surface area contributed by atoms with Crippen LogP contribution in [-0.4, -0.2) is 42.6 Å². The summed E-state index contributed by atoms with van der Waals surface area (Å²) in [4.78, 5) is 19.7. The molecule has 1 aromatic heterocycles. The second-order valence-electron chi connectivity index (χ2n) is 4.57. The number of amides is 2. The Kier molecular flexibility index (Phi) is 11.0. The van der Waals surface area contributed by atoms with Crippen LogP contribution < -0.4 is 48.5 Å². The summed E-state index contributed by atoms with van der Waals surface area (Å²) >= 11 is 4.00. The van der Waals surface area contributed by atoms with E-state index in [1.54, 1.807) is 18.2 Å². The quantitative estimate of drug-likeness (QED) is 0.186. The van der Waals surface area contributed by atoms with Crippen molar-refractivity contribution in [3.05, 3.63) is 38.8 Å². The Morgan fingerprint density at radius 2 is 1.93 bits per heavy atom. The average Bonchev–Trinajstić information content (AvgIpc) is 2.59. The molecule has 2 aromatic rings. The summed E-state index contributed by atoms with van der Waals surface area (Å²) in [6.45, 7) is 0.366. The van der Waals surface area contributed by atoms with Crippen molar-refractivity contribution in [3.8, 4) is 17.4 Å². The van der Waals surface area contributed by atoms with Gasteiger partial charge < -0.3 is 19.0 Å². The smallest absolute Gasteiger partial charge is 0.489 e. The fourth-order valence-corrected chi connectivity index (χ4v) is 3.06.